The third kappa shape index (κ3) is 4.31. The van der Waals surface area contributed by atoms with Gasteiger partial charge in [0.05, 0.1) is 12.7 Å². The van der Waals surface area contributed by atoms with Crippen LogP contribution in [0.25, 0.3) is 0 Å². The maximum atomic E-state index is 12.4. The number of anilines is 1. The Bertz CT molecular complexity index is 750. The molecular weight excluding hydrogens is 328 g/mol. The van der Waals surface area contributed by atoms with Gasteiger partial charge in [0.2, 0.25) is 5.95 Å². The first-order chi connectivity index (χ1) is 12.6. The fourth-order valence-electron chi connectivity index (χ4n) is 3.35. The van der Waals surface area contributed by atoms with Crippen molar-refractivity contribution < 1.29 is 9.53 Å². The van der Waals surface area contributed by atoms with E-state index in [9.17, 15) is 4.79 Å². The fraction of sp³-hybridized carbons (Fsp3) is 0.450. The summed E-state index contributed by atoms with van der Waals surface area (Å²) in [6.45, 7) is 6.51. The number of aromatic nitrogens is 2. The Morgan fingerprint density at radius 1 is 1.19 bits per heavy atom. The molecule has 6 nitrogen and oxygen atoms in total. The number of hydrogen-bond acceptors (Lipinski definition) is 5. The molecule has 0 bridgehead atoms. The molecule has 1 N–H and O–H groups in total. The van der Waals surface area contributed by atoms with Gasteiger partial charge in [-0.25, -0.2) is 9.97 Å². The molecule has 0 saturated carbocycles. The van der Waals surface area contributed by atoms with Crippen molar-refractivity contribution in [3.63, 3.8) is 0 Å². The summed E-state index contributed by atoms with van der Waals surface area (Å²) in [6, 6.07) is 9.29. The van der Waals surface area contributed by atoms with E-state index in [1.54, 1.807) is 19.2 Å². The first-order valence-electron chi connectivity index (χ1n) is 9.05. The van der Waals surface area contributed by atoms with Crippen LogP contribution in [0, 0.1) is 19.8 Å². The van der Waals surface area contributed by atoms with E-state index < -0.39 is 0 Å². The first-order valence-corrected chi connectivity index (χ1v) is 9.05. The van der Waals surface area contributed by atoms with Crippen molar-refractivity contribution in [1.82, 2.24) is 15.3 Å². The molecule has 1 saturated heterocycles. The second-order valence-corrected chi connectivity index (χ2v) is 6.79. The third-order valence-corrected chi connectivity index (χ3v) is 4.77. The number of benzene rings is 1. The summed E-state index contributed by atoms with van der Waals surface area (Å²) < 4.78 is 5.26. The van der Waals surface area contributed by atoms with Crippen LogP contribution in [0.15, 0.2) is 30.3 Å². The lowest BCUT2D eigenvalue weighted by atomic mass is 9.97. The van der Waals surface area contributed by atoms with Gasteiger partial charge in [-0.05, 0) is 50.8 Å². The molecule has 0 atom stereocenters. The van der Waals surface area contributed by atoms with E-state index in [0.29, 0.717) is 23.8 Å². The number of para-hydroxylation sites is 1. The Hall–Kier alpha value is -2.63. The van der Waals surface area contributed by atoms with Crippen LogP contribution in [0.4, 0.5) is 5.95 Å². The van der Waals surface area contributed by atoms with Gasteiger partial charge in [-0.1, -0.05) is 12.1 Å². The first kappa shape index (κ1) is 18.2. The highest BCUT2D eigenvalue weighted by molar-refractivity contribution is 5.96. The van der Waals surface area contributed by atoms with Gasteiger partial charge in [0.1, 0.15) is 5.75 Å². The summed E-state index contributed by atoms with van der Waals surface area (Å²) in [4.78, 5) is 23.7. The van der Waals surface area contributed by atoms with Crippen molar-refractivity contribution in [3.05, 3.63) is 47.3 Å². The highest BCUT2D eigenvalue weighted by Crippen LogP contribution is 2.21. The minimum atomic E-state index is -0.0810. The van der Waals surface area contributed by atoms with E-state index >= 15 is 0 Å². The number of rotatable bonds is 5. The van der Waals surface area contributed by atoms with E-state index in [1.165, 1.54) is 0 Å². The summed E-state index contributed by atoms with van der Waals surface area (Å²) in [6.07, 6.45) is 2.03. The number of aryl methyl sites for hydroxylation is 2. The fourth-order valence-corrected chi connectivity index (χ4v) is 3.35. The van der Waals surface area contributed by atoms with E-state index in [0.717, 1.165) is 43.3 Å². The number of methoxy groups -OCH3 is 1. The number of ether oxygens (including phenoxy) is 1. The topological polar surface area (TPSA) is 67.3 Å². The number of piperidine rings is 1. The van der Waals surface area contributed by atoms with Gasteiger partial charge in [-0.15, -0.1) is 0 Å². The van der Waals surface area contributed by atoms with E-state index in [4.69, 9.17) is 4.74 Å². The molecule has 0 radical (unpaired) electrons. The lowest BCUT2D eigenvalue weighted by Crippen LogP contribution is -2.39. The molecule has 2 heterocycles. The Morgan fingerprint density at radius 2 is 1.85 bits per heavy atom. The average Bonchev–Trinajstić information content (AvgIpc) is 2.65. The quantitative estimate of drug-likeness (QED) is 0.894. The van der Waals surface area contributed by atoms with Crippen LogP contribution >= 0.6 is 0 Å². The molecule has 26 heavy (non-hydrogen) atoms. The highest BCUT2D eigenvalue weighted by Gasteiger charge is 2.22. The van der Waals surface area contributed by atoms with Crippen LogP contribution in [-0.4, -0.2) is 42.6 Å². The van der Waals surface area contributed by atoms with Gasteiger partial charge in [-0.3, -0.25) is 4.79 Å². The summed E-state index contributed by atoms with van der Waals surface area (Å²) in [5.41, 5.74) is 2.58. The molecule has 1 amide bonds. The molecular formula is C20H26N4O2. The van der Waals surface area contributed by atoms with E-state index in [-0.39, 0.29) is 5.91 Å². The molecule has 0 unspecified atom stereocenters. The Kier molecular flexibility index (Phi) is 5.71. The van der Waals surface area contributed by atoms with Crippen molar-refractivity contribution in [2.45, 2.75) is 26.7 Å². The second kappa shape index (κ2) is 8.17. The van der Waals surface area contributed by atoms with Gasteiger partial charge in [0.25, 0.3) is 5.91 Å². The molecule has 1 aromatic carbocycles. The standard InChI is InChI=1S/C20H26N4O2/c1-14-12-15(2)23-20(22-14)24-10-8-16(9-11-24)13-21-19(25)17-6-4-5-7-18(17)26-3/h4-7,12,16H,8-11,13H2,1-3H3,(H,21,25). The molecule has 138 valence electrons. The van der Waals surface area contributed by atoms with Gasteiger partial charge in [0, 0.05) is 31.0 Å². The van der Waals surface area contributed by atoms with Crippen molar-refractivity contribution in [2.75, 3.05) is 31.6 Å². The smallest absolute Gasteiger partial charge is 0.255 e. The number of carbonyl (C=O) groups is 1. The van der Waals surface area contributed by atoms with Gasteiger partial charge < -0.3 is 15.0 Å². The minimum Gasteiger partial charge on any atom is -0.496 e. The van der Waals surface area contributed by atoms with Crippen LogP contribution in [0.2, 0.25) is 0 Å². The van der Waals surface area contributed by atoms with Crippen molar-refractivity contribution >= 4 is 11.9 Å². The maximum absolute atomic E-state index is 12.4. The van der Waals surface area contributed by atoms with Crippen LogP contribution in [0.5, 0.6) is 5.75 Å². The van der Waals surface area contributed by atoms with Crippen molar-refractivity contribution in [2.24, 2.45) is 5.92 Å². The molecule has 0 aliphatic carbocycles. The maximum Gasteiger partial charge on any atom is 0.255 e. The monoisotopic (exact) mass is 354 g/mol. The molecule has 1 aliphatic heterocycles. The normalized spacial score (nSPS) is 15.0. The van der Waals surface area contributed by atoms with Crippen LogP contribution in [-0.2, 0) is 0 Å². The zero-order chi connectivity index (χ0) is 18.5. The summed E-state index contributed by atoms with van der Waals surface area (Å²) in [7, 11) is 1.58. The van der Waals surface area contributed by atoms with Crippen LogP contribution in [0.3, 0.4) is 0 Å². The lowest BCUT2D eigenvalue weighted by Gasteiger charge is -2.32. The largest absolute Gasteiger partial charge is 0.496 e. The van der Waals surface area contributed by atoms with Gasteiger partial charge in [0.15, 0.2) is 0 Å². The Labute approximate surface area is 154 Å². The SMILES string of the molecule is COc1ccccc1C(=O)NCC1CCN(c2nc(C)cc(C)n2)CC1. The molecule has 3 rings (SSSR count). The Morgan fingerprint density at radius 3 is 2.50 bits per heavy atom. The Balaban J connectivity index is 1.52. The summed E-state index contributed by atoms with van der Waals surface area (Å²) >= 11 is 0. The molecule has 1 aliphatic rings. The van der Waals surface area contributed by atoms with Gasteiger partial charge in [-0.2, -0.15) is 0 Å². The van der Waals surface area contributed by atoms with Crippen molar-refractivity contribution in [1.29, 1.82) is 0 Å². The van der Waals surface area contributed by atoms with Crippen molar-refractivity contribution in [3.8, 4) is 5.75 Å². The number of nitrogens with zero attached hydrogens (tertiary/aromatic N) is 3. The second-order valence-electron chi connectivity index (χ2n) is 6.79. The average molecular weight is 354 g/mol. The summed E-state index contributed by atoms with van der Waals surface area (Å²) in [5.74, 6) is 1.81. The zero-order valence-corrected chi connectivity index (χ0v) is 15.7. The molecule has 6 heteroatoms. The molecule has 0 spiro atoms. The minimum absolute atomic E-state index is 0.0810. The third-order valence-electron chi connectivity index (χ3n) is 4.77. The molecule has 2 aromatic rings. The molecule has 1 fully saturated rings. The van der Waals surface area contributed by atoms with Crippen LogP contribution in [0.1, 0.15) is 34.6 Å². The zero-order valence-electron chi connectivity index (χ0n) is 15.7. The molecule has 1 aromatic heterocycles. The lowest BCUT2D eigenvalue weighted by molar-refractivity contribution is 0.0942. The predicted molar refractivity (Wildman–Crippen MR) is 102 cm³/mol. The number of nitrogens with one attached hydrogen (secondary N) is 1. The number of carbonyl (C=O) groups excluding carboxylic acids is 1. The predicted octanol–water partition coefficient (Wildman–Crippen LogP) is 2.75. The van der Waals surface area contributed by atoms with Crippen LogP contribution < -0.4 is 15.0 Å². The van der Waals surface area contributed by atoms with E-state index in [1.807, 2.05) is 32.0 Å². The summed E-state index contributed by atoms with van der Waals surface area (Å²) in [5, 5.41) is 3.05. The number of amides is 1. The number of hydrogen-bond donors (Lipinski definition) is 1. The van der Waals surface area contributed by atoms with Gasteiger partial charge >= 0.3 is 0 Å². The highest BCUT2D eigenvalue weighted by atomic mass is 16.5. The van der Waals surface area contributed by atoms with E-state index in [2.05, 4.69) is 20.2 Å².